The zero-order valence-corrected chi connectivity index (χ0v) is 30.2. The third-order valence-corrected chi connectivity index (χ3v) is 11.7. The summed E-state index contributed by atoms with van der Waals surface area (Å²) in [6, 6.07) is 49.4. The zero-order valence-electron chi connectivity index (χ0n) is 30.2. The first-order chi connectivity index (χ1) is 25.9. The van der Waals surface area contributed by atoms with Crippen molar-refractivity contribution < 1.29 is 0 Å². The van der Waals surface area contributed by atoms with E-state index in [9.17, 15) is 0 Å². The lowest BCUT2D eigenvalue weighted by Gasteiger charge is -2.46. The normalized spacial score (nSPS) is 24.3. The van der Waals surface area contributed by atoms with Gasteiger partial charge < -0.3 is 9.88 Å². The number of amidine groups is 1. The van der Waals surface area contributed by atoms with Gasteiger partial charge in [-0.3, -0.25) is 4.90 Å². The van der Waals surface area contributed by atoms with E-state index in [0.717, 1.165) is 35.0 Å². The van der Waals surface area contributed by atoms with Gasteiger partial charge in [-0.05, 0) is 67.2 Å². The molecular weight excluding hydrogens is 647 g/mol. The lowest BCUT2D eigenvalue weighted by Crippen LogP contribution is -2.56. The maximum absolute atomic E-state index is 5.62. The van der Waals surface area contributed by atoms with Crippen molar-refractivity contribution >= 4 is 28.8 Å². The van der Waals surface area contributed by atoms with Crippen molar-refractivity contribution in [1.82, 2.24) is 14.8 Å². The number of para-hydroxylation sites is 2. The van der Waals surface area contributed by atoms with Crippen LogP contribution in [-0.2, 0) is 11.2 Å². The number of nitrogens with zero attached hydrogens (tertiary/aromatic N) is 4. The predicted molar refractivity (Wildman–Crippen MR) is 218 cm³/mol. The van der Waals surface area contributed by atoms with Crippen molar-refractivity contribution in [2.24, 2.45) is 21.8 Å². The molecule has 4 unspecified atom stereocenters. The van der Waals surface area contributed by atoms with Crippen LogP contribution in [0.2, 0.25) is 0 Å². The molecule has 4 aliphatic rings. The van der Waals surface area contributed by atoms with Crippen LogP contribution in [0.4, 0.5) is 0 Å². The maximum atomic E-state index is 5.62. The Morgan fingerprint density at radius 1 is 0.660 bits per heavy atom. The smallest absolute Gasteiger partial charge is 0.207 e. The van der Waals surface area contributed by atoms with Crippen LogP contribution < -0.4 is 5.32 Å². The highest BCUT2D eigenvalue weighted by atomic mass is 15.4. The van der Waals surface area contributed by atoms with Crippen molar-refractivity contribution in [3.63, 3.8) is 0 Å². The molecule has 3 heterocycles. The molecule has 2 aliphatic carbocycles. The Bertz CT molecular complexity index is 2540. The van der Waals surface area contributed by atoms with E-state index >= 15 is 0 Å². The molecule has 2 aliphatic heterocycles. The third-order valence-electron chi connectivity index (χ3n) is 11.7. The second kappa shape index (κ2) is 11.9. The van der Waals surface area contributed by atoms with Crippen LogP contribution in [0, 0.1) is 11.8 Å². The van der Waals surface area contributed by atoms with Crippen LogP contribution in [0.3, 0.4) is 0 Å². The Morgan fingerprint density at radius 2 is 1.30 bits per heavy atom. The number of guanidine groups is 1. The molecule has 5 nitrogen and oxygen atoms in total. The summed E-state index contributed by atoms with van der Waals surface area (Å²) < 4.78 is 2.50. The van der Waals surface area contributed by atoms with Gasteiger partial charge in [0, 0.05) is 39.4 Å². The molecule has 10 rings (SSSR count). The molecule has 53 heavy (non-hydrogen) atoms. The summed E-state index contributed by atoms with van der Waals surface area (Å²) in [5.74, 6) is 2.20. The van der Waals surface area contributed by atoms with Gasteiger partial charge in [-0.1, -0.05) is 146 Å². The molecule has 0 radical (unpaired) electrons. The number of aromatic nitrogens is 1. The molecule has 5 heteroatoms. The van der Waals surface area contributed by atoms with Crippen LogP contribution in [0.5, 0.6) is 0 Å². The first-order valence-corrected chi connectivity index (χ1v) is 18.7. The van der Waals surface area contributed by atoms with Gasteiger partial charge >= 0.3 is 0 Å². The van der Waals surface area contributed by atoms with Gasteiger partial charge in [-0.2, -0.15) is 0 Å². The van der Waals surface area contributed by atoms with Gasteiger partial charge in [0.15, 0.2) is 5.66 Å². The SMILES string of the molecule is CC1C=CC2=C(C1)C1C=Cc3c(n(-c4ccccc4)c4ccccc34)C1(C)N2C1=NC(C)(c2ccccc2)N=C(c2ccc(-c3ccccc3)cc2)N1. The Hall–Kier alpha value is -6.20. The predicted octanol–water partition coefficient (Wildman–Crippen LogP) is 10.6. The van der Waals surface area contributed by atoms with Crippen molar-refractivity contribution in [3.05, 3.63) is 191 Å². The molecule has 0 saturated carbocycles. The van der Waals surface area contributed by atoms with Crippen molar-refractivity contribution in [1.29, 1.82) is 0 Å². The summed E-state index contributed by atoms with van der Waals surface area (Å²) in [4.78, 5) is 13.5. The number of fused-ring (bicyclic) bond motifs is 6. The number of hydrogen-bond donors (Lipinski definition) is 1. The minimum atomic E-state index is -0.865. The second-order valence-electron chi connectivity index (χ2n) is 15.1. The van der Waals surface area contributed by atoms with Gasteiger partial charge in [0.2, 0.25) is 5.96 Å². The summed E-state index contributed by atoms with van der Waals surface area (Å²) in [7, 11) is 0. The summed E-state index contributed by atoms with van der Waals surface area (Å²) in [6.45, 7) is 6.89. The fourth-order valence-corrected chi connectivity index (χ4v) is 9.16. The van der Waals surface area contributed by atoms with Crippen LogP contribution in [0.15, 0.2) is 179 Å². The average Bonchev–Trinajstić information content (AvgIpc) is 3.68. The van der Waals surface area contributed by atoms with Gasteiger partial charge in [0.05, 0.1) is 16.7 Å². The molecule has 1 N–H and O–H groups in total. The van der Waals surface area contributed by atoms with Crippen LogP contribution in [0.1, 0.15) is 49.6 Å². The van der Waals surface area contributed by atoms with Gasteiger partial charge in [0.25, 0.3) is 0 Å². The Labute approximate surface area is 311 Å². The molecule has 0 amide bonds. The molecule has 6 aromatic rings. The average molecular weight is 688 g/mol. The van der Waals surface area contributed by atoms with E-state index in [0.29, 0.717) is 5.92 Å². The Morgan fingerprint density at radius 3 is 2.06 bits per heavy atom. The van der Waals surface area contributed by atoms with Gasteiger partial charge in [0.1, 0.15) is 5.84 Å². The highest BCUT2D eigenvalue weighted by molar-refractivity contribution is 6.11. The summed E-state index contributed by atoms with van der Waals surface area (Å²) in [5, 5.41) is 5.10. The van der Waals surface area contributed by atoms with Crippen molar-refractivity contribution in [2.75, 3.05) is 0 Å². The maximum Gasteiger partial charge on any atom is 0.207 e. The number of hydrogen-bond acceptors (Lipinski definition) is 4. The quantitative estimate of drug-likeness (QED) is 0.201. The standard InChI is InChI=1S/C48H41N5/c1-32-23-30-43-40(31-32)41-29-28-39-38-21-13-14-22-42(38)52(37-19-11-6-12-20-37)44(39)47(41,2)53(43)46-49-45(50-48(3,51-46)36-17-9-5-10-18-36)35-26-24-34(25-27-35)33-15-7-4-8-16-33/h4-30,32,41H,31H2,1-3H3,(H,49,50,51). The monoisotopic (exact) mass is 687 g/mol. The van der Waals surface area contributed by atoms with E-state index in [2.05, 4.69) is 199 Å². The molecule has 4 atom stereocenters. The van der Waals surface area contributed by atoms with E-state index in [1.54, 1.807) is 0 Å². The third kappa shape index (κ3) is 4.84. The lowest BCUT2D eigenvalue weighted by atomic mass is 9.73. The van der Waals surface area contributed by atoms with Crippen LogP contribution >= 0.6 is 0 Å². The summed E-state index contributed by atoms with van der Waals surface area (Å²) >= 11 is 0. The summed E-state index contributed by atoms with van der Waals surface area (Å²) in [5.41, 5.74) is 10.6. The summed E-state index contributed by atoms with van der Waals surface area (Å²) in [6.07, 6.45) is 10.6. The largest absolute Gasteiger partial charge is 0.311 e. The Balaban J connectivity index is 1.19. The fraction of sp³-hybridized carbons (Fsp3) is 0.167. The van der Waals surface area contributed by atoms with E-state index in [1.165, 1.54) is 44.6 Å². The minimum absolute atomic E-state index is 0.143. The number of aliphatic imine (C=N–C) groups is 2. The molecule has 1 aromatic heterocycles. The van der Waals surface area contributed by atoms with Crippen LogP contribution in [0.25, 0.3) is 33.8 Å². The van der Waals surface area contributed by atoms with Gasteiger partial charge in [-0.15, -0.1) is 0 Å². The number of nitrogens with one attached hydrogen (secondary N) is 1. The van der Waals surface area contributed by atoms with E-state index in [-0.39, 0.29) is 5.92 Å². The Kier molecular flexibility index (Phi) is 7.09. The van der Waals surface area contributed by atoms with E-state index in [4.69, 9.17) is 9.98 Å². The number of rotatable bonds is 4. The second-order valence-corrected chi connectivity index (χ2v) is 15.1. The number of allylic oxidation sites excluding steroid dienone is 2. The molecule has 0 spiro atoms. The molecular formula is C48H41N5. The first-order valence-electron chi connectivity index (χ1n) is 18.7. The minimum Gasteiger partial charge on any atom is -0.311 e. The zero-order chi connectivity index (χ0) is 35.7. The molecule has 0 fully saturated rings. The molecule has 5 aromatic carbocycles. The first kappa shape index (κ1) is 31.5. The van der Waals surface area contributed by atoms with Crippen LogP contribution in [-0.4, -0.2) is 21.3 Å². The highest BCUT2D eigenvalue weighted by Crippen LogP contribution is 2.58. The topological polar surface area (TPSA) is 44.9 Å². The van der Waals surface area contributed by atoms with Crippen molar-refractivity contribution in [2.45, 2.75) is 38.4 Å². The van der Waals surface area contributed by atoms with Crippen molar-refractivity contribution in [3.8, 4) is 16.8 Å². The van der Waals surface area contributed by atoms with E-state index in [1.807, 2.05) is 0 Å². The lowest BCUT2D eigenvalue weighted by molar-refractivity contribution is 0.213. The number of benzene rings is 5. The molecule has 258 valence electrons. The highest BCUT2D eigenvalue weighted by Gasteiger charge is 2.56. The van der Waals surface area contributed by atoms with E-state index < -0.39 is 11.2 Å². The fourth-order valence-electron chi connectivity index (χ4n) is 9.16. The molecule has 0 bridgehead atoms. The molecule has 0 saturated heterocycles. The van der Waals surface area contributed by atoms with Gasteiger partial charge in [-0.25, -0.2) is 9.98 Å².